The van der Waals surface area contributed by atoms with E-state index >= 15 is 0 Å². The molecule has 0 radical (unpaired) electrons. The zero-order valence-electron chi connectivity index (χ0n) is 13.5. The topological polar surface area (TPSA) is 79.5 Å². The van der Waals surface area contributed by atoms with Crippen molar-refractivity contribution < 1.29 is 23.5 Å². The predicted molar refractivity (Wildman–Crippen MR) is 93.6 cm³/mol. The van der Waals surface area contributed by atoms with E-state index in [9.17, 15) is 19.1 Å². The molecule has 1 heterocycles. The Morgan fingerprint density at radius 1 is 0.962 bits per heavy atom. The standard InChI is InChI=1S/C20H14FNO4/c21-15-8-6-13(7-9-15)18-11-10-16(26-18)12-17(20(24)25)22-19(23)14-4-2-1-3-5-14/h1-12H,(H,22,23)(H,24,25)/b17-12+. The summed E-state index contributed by atoms with van der Waals surface area (Å²) in [6.07, 6.45) is 1.22. The highest BCUT2D eigenvalue weighted by molar-refractivity contribution is 6.02. The van der Waals surface area contributed by atoms with Gasteiger partial charge in [-0.3, -0.25) is 4.79 Å². The van der Waals surface area contributed by atoms with Crippen LogP contribution in [0.25, 0.3) is 17.4 Å². The molecular weight excluding hydrogens is 337 g/mol. The second-order valence-electron chi connectivity index (χ2n) is 5.39. The van der Waals surface area contributed by atoms with E-state index in [0.29, 0.717) is 16.9 Å². The van der Waals surface area contributed by atoms with Gasteiger partial charge in [-0.05, 0) is 48.5 Å². The van der Waals surface area contributed by atoms with Crippen LogP contribution >= 0.6 is 0 Å². The molecule has 5 nitrogen and oxygen atoms in total. The second-order valence-corrected chi connectivity index (χ2v) is 5.39. The fourth-order valence-electron chi connectivity index (χ4n) is 2.28. The molecule has 2 aromatic carbocycles. The Hall–Kier alpha value is -3.67. The number of carbonyl (C=O) groups excluding carboxylic acids is 1. The van der Waals surface area contributed by atoms with Gasteiger partial charge in [0.05, 0.1) is 0 Å². The van der Waals surface area contributed by atoms with Crippen LogP contribution in [0.4, 0.5) is 4.39 Å². The maximum atomic E-state index is 13.0. The summed E-state index contributed by atoms with van der Waals surface area (Å²) in [5.74, 6) is -1.50. The first-order valence-corrected chi connectivity index (χ1v) is 7.70. The van der Waals surface area contributed by atoms with E-state index in [0.717, 1.165) is 0 Å². The number of carbonyl (C=O) groups is 2. The van der Waals surface area contributed by atoms with Crippen LogP contribution in [0.2, 0.25) is 0 Å². The van der Waals surface area contributed by atoms with Crippen LogP contribution in [0.5, 0.6) is 0 Å². The van der Waals surface area contributed by atoms with Gasteiger partial charge in [0.2, 0.25) is 0 Å². The molecule has 3 aromatic rings. The van der Waals surface area contributed by atoms with Gasteiger partial charge < -0.3 is 14.8 Å². The third-order valence-electron chi connectivity index (χ3n) is 3.56. The number of hydrogen-bond acceptors (Lipinski definition) is 3. The van der Waals surface area contributed by atoms with Crippen LogP contribution in [0.15, 0.2) is 76.8 Å². The molecule has 6 heteroatoms. The molecule has 0 aliphatic heterocycles. The summed E-state index contributed by atoms with van der Waals surface area (Å²) < 4.78 is 18.5. The van der Waals surface area contributed by atoms with E-state index < -0.39 is 11.9 Å². The molecule has 0 fully saturated rings. The number of nitrogens with one attached hydrogen (secondary N) is 1. The number of amides is 1. The Balaban J connectivity index is 1.82. The minimum Gasteiger partial charge on any atom is -0.477 e. The Morgan fingerprint density at radius 3 is 2.31 bits per heavy atom. The van der Waals surface area contributed by atoms with Crippen LogP contribution in [0.3, 0.4) is 0 Å². The van der Waals surface area contributed by atoms with E-state index in [4.69, 9.17) is 4.42 Å². The number of carboxylic acids is 1. The maximum Gasteiger partial charge on any atom is 0.352 e. The molecule has 0 atom stereocenters. The van der Waals surface area contributed by atoms with Crippen LogP contribution in [0, 0.1) is 5.82 Å². The minimum atomic E-state index is -1.30. The van der Waals surface area contributed by atoms with Gasteiger partial charge in [-0.1, -0.05) is 18.2 Å². The summed E-state index contributed by atoms with van der Waals surface area (Å²) in [5.41, 5.74) is 0.668. The molecule has 1 amide bonds. The monoisotopic (exact) mass is 351 g/mol. The summed E-state index contributed by atoms with van der Waals surface area (Å²) in [6.45, 7) is 0. The SMILES string of the molecule is O=C(O)/C(=C\c1ccc(-c2ccc(F)cc2)o1)NC(=O)c1ccccc1. The fourth-order valence-corrected chi connectivity index (χ4v) is 2.28. The van der Waals surface area contributed by atoms with Crippen LogP contribution in [-0.4, -0.2) is 17.0 Å². The maximum absolute atomic E-state index is 13.0. The normalized spacial score (nSPS) is 11.2. The van der Waals surface area contributed by atoms with E-state index in [1.165, 1.54) is 18.2 Å². The van der Waals surface area contributed by atoms with E-state index in [1.54, 1.807) is 54.6 Å². The lowest BCUT2D eigenvalue weighted by molar-refractivity contribution is -0.132. The molecule has 130 valence electrons. The average Bonchev–Trinajstić information content (AvgIpc) is 3.11. The highest BCUT2D eigenvalue weighted by Gasteiger charge is 2.14. The summed E-state index contributed by atoms with van der Waals surface area (Å²) in [7, 11) is 0. The summed E-state index contributed by atoms with van der Waals surface area (Å²) in [5, 5.41) is 11.7. The first-order chi connectivity index (χ1) is 12.5. The smallest absolute Gasteiger partial charge is 0.352 e. The zero-order valence-corrected chi connectivity index (χ0v) is 13.5. The van der Waals surface area contributed by atoms with Crippen molar-refractivity contribution in [3.05, 3.63) is 89.6 Å². The van der Waals surface area contributed by atoms with Gasteiger partial charge in [-0.15, -0.1) is 0 Å². The third-order valence-corrected chi connectivity index (χ3v) is 3.56. The Morgan fingerprint density at radius 2 is 1.65 bits per heavy atom. The lowest BCUT2D eigenvalue weighted by Crippen LogP contribution is -2.27. The quantitative estimate of drug-likeness (QED) is 0.683. The van der Waals surface area contributed by atoms with Crippen molar-refractivity contribution in [2.24, 2.45) is 0 Å². The van der Waals surface area contributed by atoms with Gasteiger partial charge in [0, 0.05) is 17.2 Å². The summed E-state index contributed by atoms with van der Waals surface area (Å²) in [6, 6.07) is 17.2. The molecule has 26 heavy (non-hydrogen) atoms. The number of furan rings is 1. The molecule has 2 N–H and O–H groups in total. The van der Waals surface area contributed by atoms with Gasteiger partial charge >= 0.3 is 5.97 Å². The molecule has 0 aliphatic rings. The van der Waals surface area contributed by atoms with E-state index in [-0.39, 0.29) is 17.3 Å². The van der Waals surface area contributed by atoms with Crippen LogP contribution in [0.1, 0.15) is 16.1 Å². The molecule has 0 spiro atoms. The van der Waals surface area contributed by atoms with E-state index in [1.807, 2.05) is 0 Å². The van der Waals surface area contributed by atoms with Gasteiger partial charge in [-0.25, -0.2) is 9.18 Å². The molecule has 1 aromatic heterocycles. The van der Waals surface area contributed by atoms with Gasteiger partial charge in [0.25, 0.3) is 5.91 Å². The number of halogens is 1. The van der Waals surface area contributed by atoms with Crippen molar-refractivity contribution in [2.75, 3.05) is 0 Å². The van der Waals surface area contributed by atoms with E-state index in [2.05, 4.69) is 5.32 Å². The lowest BCUT2D eigenvalue weighted by Gasteiger charge is -2.05. The third kappa shape index (κ3) is 4.05. The molecular formula is C20H14FNO4. The number of rotatable bonds is 5. The Labute approximate surface area is 148 Å². The fraction of sp³-hybridized carbons (Fsp3) is 0. The predicted octanol–water partition coefficient (Wildman–Crippen LogP) is 3.94. The lowest BCUT2D eigenvalue weighted by atomic mass is 10.2. The number of aliphatic carboxylic acids is 1. The number of benzene rings is 2. The van der Waals surface area contributed by atoms with Gasteiger partial charge in [0.15, 0.2) is 0 Å². The highest BCUT2D eigenvalue weighted by Crippen LogP contribution is 2.23. The van der Waals surface area contributed by atoms with Gasteiger partial charge in [-0.2, -0.15) is 0 Å². The first-order valence-electron chi connectivity index (χ1n) is 7.70. The van der Waals surface area contributed by atoms with Crippen LogP contribution < -0.4 is 5.32 Å². The van der Waals surface area contributed by atoms with Crippen molar-refractivity contribution in [1.29, 1.82) is 0 Å². The molecule has 0 saturated carbocycles. The van der Waals surface area contributed by atoms with Gasteiger partial charge in [0.1, 0.15) is 23.0 Å². The largest absolute Gasteiger partial charge is 0.477 e. The molecule has 0 aliphatic carbocycles. The van der Waals surface area contributed by atoms with Crippen molar-refractivity contribution in [3.63, 3.8) is 0 Å². The Bertz CT molecular complexity index is 959. The Kier molecular flexibility index (Phi) is 4.94. The zero-order chi connectivity index (χ0) is 18.5. The summed E-state index contributed by atoms with van der Waals surface area (Å²) >= 11 is 0. The van der Waals surface area contributed by atoms with Crippen LogP contribution in [-0.2, 0) is 4.79 Å². The second kappa shape index (κ2) is 7.48. The molecule has 3 rings (SSSR count). The average molecular weight is 351 g/mol. The molecule has 0 saturated heterocycles. The van der Waals surface area contributed by atoms with Crippen molar-refractivity contribution >= 4 is 18.0 Å². The van der Waals surface area contributed by atoms with Crippen molar-refractivity contribution in [1.82, 2.24) is 5.32 Å². The summed E-state index contributed by atoms with van der Waals surface area (Å²) in [4.78, 5) is 23.5. The molecule has 0 unspecified atom stereocenters. The highest BCUT2D eigenvalue weighted by atomic mass is 19.1. The van der Waals surface area contributed by atoms with Crippen molar-refractivity contribution in [2.45, 2.75) is 0 Å². The number of hydrogen-bond donors (Lipinski definition) is 2. The molecule has 0 bridgehead atoms. The number of carboxylic acid groups (broad SMARTS) is 1. The van der Waals surface area contributed by atoms with Crippen molar-refractivity contribution in [3.8, 4) is 11.3 Å². The first kappa shape index (κ1) is 17.2. The minimum absolute atomic E-state index is 0.245.